The van der Waals surface area contributed by atoms with Crippen molar-refractivity contribution in [3.63, 3.8) is 0 Å². The highest BCUT2D eigenvalue weighted by atomic mass is 16.5. The summed E-state index contributed by atoms with van der Waals surface area (Å²) >= 11 is 0. The Morgan fingerprint density at radius 2 is 2.00 bits per heavy atom. The van der Waals surface area contributed by atoms with Gasteiger partial charge >= 0.3 is 0 Å². The molecule has 2 unspecified atom stereocenters. The van der Waals surface area contributed by atoms with Gasteiger partial charge in [-0.25, -0.2) is 0 Å². The molecule has 6 nitrogen and oxygen atoms in total. The van der Waals surface area contributed by atoms with E-state index in [-0.39, 0.29) is 11.8 Å². The maximum Gasteiger partial charge on any atom is 0.242 e. The van der Waals surface area contributed by atoms with Gasteiger partial charge in [-0.1, -0.05) is 6.92 Å². The van der Waals surface area contributed by atoms with Crippen molar-refractivity contribution in [2.24, 2.45) is 5.73 Å². The first-order chi connectivity index (χ1) is 8.52. The van der Waals surface area contributed by atoms with E-state index in [0.717, 1.165) is 12.8 Å². The van der Waals surface area contributed by atoms with Gasteiger partial charge in [-0.05, 0) is 26.2 Å². The highest BCUT2D eigenvalue weighted by Gasteiger charge is 2.19. The molecular weight excluding hydrogens is 234 g/mol. The predicted octanol–water partition coefficient (Wildman–Crippen LogP) is -0.229. The molecule has 0 saturated heterocycles. The van der Waals surface area contributed by atoms with E-state index >= 15 is 0 Å². The summed E-state index contributed by atoms with van der Waals surface area (Å²) < 4.78 is 4.88. The largest absolute Gasteiger partial charge is 0.385 e. The molecule has 106 valence electrons. The molecule has 0 radical (unpaired) electrons. The van der Waals surface area contributed by atoms with E-state index in [0.29, 0.717) is 19.6 Å². The van der Waals surface area contributed by atoms with Crippen molar-refractivity contribution >= 4 is 11.8 Å². The van der Waals surface area contributed by atoms with Crippen LogP contribution in [-0.2, 0) is 14.3 Å². The van der Waals surface area contributed by atoms with Gasteiger partial charge in [0.05, 0.1) is 6.04 Å². The van der Waals surface area contributed by atoms with Crippen LogP contribution >= 0.6 is 0 Å². The van der Waals surface area contributed by atoms with E-state index in [1.54, 1.807) is 14.0 Å². The fraction of sp³-hybridized carbons (Fsp3) is 0.833. The molecule has 0 aromatic carbocycles. The van der Waals surface area contributed by atoms with Crippen molar-refractivity contribution in [2.75, 3.05) is 20.3 Å². The van der Waals surface area contributed by atoms with Crippen molar-refractivity contribution in [1.82, 2.24) is 10.6 Å². The summed E-state index contributed by atoms with van der Waals surface area (Å²) in [6.45, 7) is 4.80. The molecule has 0 aromatic heterocycles. The van der Waals surface area contributed by atoms with Gasteiger partial charge in [-0.15, -0.1) is 0 Å². The summed E-state index contributed by atoms with van der Waals surface area (Å²) in [5.41, 5.74) is 5.71. The molecule has 2 atom stereocenters. The van der Waals surface area contributed by atoms with Crippen LogP contribution in [0.1, 0.15) is 33.1 Å². The molecule has 0 aliphatic heterocycles. The minimum absolute atomic E-state index is 0.186. The number of carbonyl (C=O) groups excluding carboxylic acids is 2. The van der Waals surface area contributed by atoms with Crippen molar-refractivity contribution in [2.45, 2.75) is 45.2 Å². The van der Waals surface area contributed by atoms with Crippen molar-refractivity contribution in [3.8, 4) is 0 Å². The number of nitrogens with two attached hydrogens (primary N) is 1. The van der Waals surface area contributed by atoms with Crippen LogP contribution in [0, 0.1) is 0 Å². The zero-order valence-electron chi connectivity index (χ0n) is 11.5. The number of methoxy groups -OCH3 is 1. The zero-order chi connectivity index (χ0) is 14.0. The van der Waals surface area contributed by atoms with Gasteiger partial charge in [0.25, 0.3) is 0 Å². The first-order valence-electron chi connectivity index (χ1n) is 6.35. The van der Waals surface area contributed by atoms with E-state index in [9.17, 15) is 9.59 Å². The standard InChI is InChI=1S/C12H25N3O3/c1-4-7-14-11(16)9(2)15-12(17)10(13)6-5-8-18-3/h9-10H,4-8,13H2,1-3H3,(H,14,16)(H,15,17). The SMILES string of the molecule is CCCNC(=O)C(C)NC(=O)C(N)CCCOC. The van der Waals surface area contributed by atoms with Crippen LogP contribution in [0.4, 0.5) is 0 Å². The van der Waals surface area contributed by atoms with Crippen LogP contribution in [0.25, 0.3) is 0 Å². The lowest BCUT2D eigenvalue weighted by atomic mass is 10.1. The molecule has 2 amide bonds. The van der Waals surface area contributed by atoms with Gasteiger partial charge in [-0.3, -0.25) is 9.59 Å². The van der Waals surface area contributed by atoms with Crippen LogP contribution < -0.4 is 16.4 Å². The lowest BCUT2D eigenvalue weighted by Gasteiger charge is -2.17. The number of nitrogens with one attached hydrogen (secondary N) is 2. The fourth-order valence-electron chi connectivity index (χ4n) is 1.37. The van der Waals surface area contributed by atoms with E-state index in [2.05, 4.69) is 10.6 Å². The number of hydrogen-bond donors (Lipinski definition) is 3. The van der Waals surface area contributed by atoms with Gasteiger partial charge in [0.2, 0.25) is 11.8 Å². The molecule has 0 aliphatic rings. The maximum absolute atomic E-state index is 11.7. The van der Waals surface area contributed by atoms with Gasteiger partial charge in [-0.2, -0.15) is 0 Å². The number of rotatable bonds is 9. The van der Waals surface area contributed by atoms with E-state index in [1.807, 2.05) is 6.92 Å². The second-order valence-electron chi connectivity index (χ2n) is 4.26. The van der Waals surface area contributed by atoms with Gasteiger partial charge in [0, 0.05) is 20.3 Å². The molecule has 0 spiro atoms. The van der Waals surface area contributed by atoms with Crippen LogP contribution in [0.5, 0.6) is 0 Å². The monoisotopic (exact) mass is 259 g/mol. The Balaban J connectivity index is 3.94. The highest BCUT2D eigenvalue weighted by molar-refractivity contribution is 5.89. The van der Waals surface area contributed by atoms with Crippen LogP contribution in [0.2, 0.25) is 0 Å². The lowest BCUT2D eigenvalue weighted by Crippen LogP contribution is -2.50. The summed E-state index contributed by atoms with van der Waals surface area (Å²) in [5, 5.41) is 5.31. The predicted molar refractivity (Wildman–Crippen MR) is 70.0 cm³/mol. The lowest BCUT2D eigenvalue weighted by molar-refractivity contribution is -0.129. The van der Waals surface area contributed by atoms with E-state index in [1.165, 1.54) is 0 Å². The Morgan fingerprint density at radius 1 is 1.33 bits per heavy atom. The Hall–Kier alpha value is -1.14. The summed E-state index contributed by atoms with van der Waals surface area (Å²) in [6, 6.07) is -1.15. The second kappa shape index (κ2) is 9.85. The van der Waals surface area contributed by atoms with Gasteiger partial charge < -0.3 is 21.1 Å². The smallest absolute Gasteiger partial charge is 0.242 e. The molecule has 0 aliphatic carbocycles. The number of carbonyl (C=O) groups is 2. The third kappa shape index (κ3) is 7.24. The number of ether oxygens (including phenoxy) is 1. The molecule has 0 heterocycles. The van der Waals surface area contributed by atoms with Crippen LogP contribution in [-0.4, -0.2) is 44.2 Å². The normalized spacial score (nSPS) is 13.8. The van der Waals surface area contributed by atoms with E-state index < -0.39 is 12.1 Å². The summed E-state index contributed by atoms with van der Waals surface area (Å²) in [4.78, 5) is 23.2. The van der Waals surface area contributed by atoms with Crippen molar-refractivity contribution in [1.29, 1.82) is 0 Å². The first kappa shape index (κ1) is 16.9. The molecule has 18 heavy (non-hydrogen) atoms. The van der Waals surface area contributed by atoms with Crippen molar-refractivity contribution in [3.05, 3.63) is 0 Å². The third-order valence-electron chi connectivity index (χ3n) is 2.50. The molecule has 0 aromatic rings. The summed E-state index contributed by atoms with van der Waals surface area (Å²) in [7, 11) is 1.60. The molecule has 6 heteroatoms. The topological polar surface area (TPSA) is 93.5 Å². The Bertz CT molecular complexity index is 259. The molecule has 0 fully saturated rings. The average Bonchev–Trinajstić information content (AvgIpc) is 2.35. The third-order valence-corrected chi connectivity index (χ3v) is 2.50. The Morgan fingerprint density at radius 3 is 2.56 bits per heavy atom. The number of amides is 2. The number of hydrogen-bond acceptors (Lipinski definition) is 4. The second-order valence-corrected chi connectivity index (χ2v) is 4.26. The fourth-order valence-corrected chi connectivity index (χ4v) is 1.37. The van der Waals surface area contributed by atoms with Crippen molar-refractivity contribution < 1.29 is 14.3 Å². The molecule has 0 rings (SSSR count). The molecule has 0 saturated carbocycles. The minimum atomic E-state index is -0.596. The van der Waals surface area contributed by atoms with Gasteiger partial charge in [0.1, 0.15) is 6.04 Å². The molecule has 4 N–H and O–H groups in total. The zero-order valence-corrected chi connectivity index (χ0v) is 11.5. The first-order valence-corrected chi connectivity index (χ1v) is 6.35. The average molecular weight is 259 g/mol. The Labute approximate surface area is 109 Å². The molecule has 0 bridgehead atoms. The van der Waals surface area contributed by atoms with Gasteiger partial charge in [0.15, 0.2) is 0 Å². The minimum Gasteiger partial charge on any atom is -0.385 e. The van der Waals surface area contributed by atoms with E-state index in [4.69, 9.17) is 10.5 Å². The quantitative estimate of drug-likeness (QED) is 0.499. The van der Waals surface area contributed by atoms with Crippen LogP contribution in [0.15, 0.2) is 0 Å². The Kier molecular flexibility index (Phi) is 9.22. The highest BCUT2D eigenvalue weighted by Crippen LogP contribution is 1.96. The summed E-state index contributed by atoms with van der Waals surface area (Å²) in [5.74, 6) is -0.487. The maximum atomic E-state index is 11.7. The van der Waals surface area contributed by atoms with Crippen LogP contribution in [0.3, 0.4) is 0 Å². The molecular formula is C12H25N3O3. The summed E-state index contributed by atoms with van der Waals surface area (Å²) in [6.07, 6.45) is 2.13.